The molecule has 0 spiro atoms. The third-order valence-electron chi connectivity index (χ3n) is 3.09. The van der Waals surface area contributed by atoms with Crippen molar-refractivity contribution in [2.45, 2.75) is 32.1 Å². The summed E-state index contributed by atoms with van der Waals surface area (Å²) in [5.74, 6) is 0. The molecule has 0 radical (unpaired) electrons. The second-order valence-electron chi connectivity index (χ2n) is 4.60. The smallest absolute Gasteiger partial charge is 0.240 e. The highest BCUT2D eigenvalue weighted by atomic mass is 32.2. The molecule has 1 rings (SSSR count). The van der Waals surface area contributed by atoms with Gasteiger partial charge in [-0.05, 0) is 38.1 Å². The molecule has 108 valence electrons. The normalized spacial score (nSPS) is 12.0. The third kappa shape index (κ3) is 4.93. The second kappa shape index (κ2) is 7.62. The van der Waals surface area contributed by atoms with Crippen LogP contribution in [-0.2, 0) is 10.0 Å². The first kappa shape index (κ1) is 16.1. The Labute approximate surface area is 116 Å². The number of hydrogen-bond acceptors (Lipinski definition) is 3. The van der Waals surface area contributed by atoms with Crippen molar-refractivity contribution < 1.29 is 8.42 Å². The summed E-state index contributed by atoms with van der Waals surface area (Å²) < 4.78 is 27.0. The van der Waals surface area contributed by atoms with Gasteiger partial charge < -0.3 is 4.90 Å². The zero-order valence-corrected chi connectivity index (χ0v) is 12.8. The topological polar surface area (TPSA) is 49.4 Å². The summed E-state index contributed by atoms with van der Waals surface area (Å²) in [6, 6.07) is 7.04. The first-order valence-electron chi connectivity index (χ1n) is 6.79. The summed E-state index contributed by atoms with van der Waals surface area (Å²) in [6.07, 6.45) is 1.08. The van der Waals surface area contributed by atoms with Gasteiger partial charge in [0.2, 0.25) is 10.0 Å². The molecule has 0 saturated carbocycles. The van der Waals surface area contributed by atoms with Crippen molar-refractivity contribution >= 4 is 10.0 Å². The van der Waals surface area contributed by atoms with Crippen molar-refractivity contribution in [1.82, 2.24) is 9.62 Å². The van der Waals surface area contributed by atoms with Crippen molar-refractivity contribution in [2.75, 3.05) is 26.2 Å². The highest BCUT2D eigenvalue weighted by Gasteiger charge is 2.15. The Morgan fingerprint density at radius 3 is 2.42 bits per heavy atom. The van der Waals surface area contributed by atoms with Gasteiger partial charge in [0.25, 0.3) is 0 Å². The Balaban J connectivity index is 2.59. The summed E-state index contributed by atoms with van der Waals surface area (Å²) in [5, 5.41) is 0. The van der Waals surface area contributed by atoms with Crippen LogP contribution in [0.5, 0.6) is 0 Å². The SMILES string of the molecule is CCCN(CC)CCNS(=O)(=O)c1ccccc1C. The molecule has 1 aromatic carbocycles. The molecule has 0 aliphatic carbocycles. The number of benzene rings is 1. The number of aryl methyl sites for hydroxylation is 1. The summed E-state index contributed by atoms with van der Waals surface area (Å²) in [7, 11) is -3.39. The summed E-state index contributed by atoms with van der Waals surface area (Å²) in [6.45, 7) is 9.16. The van der Waals surface area contributed by atoms with E-state index in [2.05, 4.69) is 23.5 Å². The molecule has 0 saturated heterocycles. The molecular formula is C14H24N2O2S. The molecule has 0 atom stereocenters. The number of nitrogens with zero attached hydrogens (tertiary/aromatic N) is 1. The number of rotatable bonds is 8. The fourth-order valence-corrected chi connectivity index (χ4v) is 3.28. The first-order valence-corrected chi connectivity index (χ1v) is 8.27. The van der Waals surface area contributed by atoms with Crippen molar-refractivity contribution in [3.63, 3.8) is 0 Å². The van der Waals surface area contributed by atoms with E-state index in [9.17, 15) is 8.42 Å². The largest absolute Gasteiger partial charge is 0.302 e. The summed E-state index contributed by atoms with van der Waals surface area (Å²) >= 11 is 0. The molecule has 4 nitrogen and oxygen atoms in total. The van der Waals surface area contributed by atoms with Crippen LogP contribution in [0, 0.1) is 6.92 Å². The van der Waals surface area contributed by atoms with E-state index in [1.807, 2.05) is 19.1 Å². The molecule has 0 aromatic heterocycles. The number of nitrogens with one attached hydrogen (secondary N) is 1. The Morgan fingerprint density at radius 1 is 1.16 bits per heavy atom. The van der Waals surface area contributed by atoms with Crippen LogP contribution >= 0.6 is 0 Å². The monoisotopic (exact) mass is 284 g/mol. The molecule has 0 heterocycles. The molecule has 0 unspecified atom stereocenters. The maximum atomic E-state index is 12.2. The van der Waals surface area contributed by atoms with Gasteiger partial charge in [-0.15, -0.1) is 0 Å². The standard InChI is InChI=1S/C14H24N2O2S/c1-4-11-16(5-2)12-10-15-19(17,18)14-9-7-6-8-13(14)3/h6-9,15H,4-5,10-12H2,1-3H3. The van der Waals surface area contributed by atoms with Gasteiger partial charge in [0.15, 0.2) is 0 Å². The predicted molar refractivity (Wildman–Crippen MR) is 78.8 cm³/mol. The molecular weight excluding hydrogens is 260 g/mol. The van der Waals surface area contributed by atoms with Crippen molar-refractivity contribution in [2.24, 2.45) is 0 Å². The van der Waals surface area contributed by atoms with Gasteiger partial charge in [-0.1, -0.05) is 32.0 Å². The summed E-state index contributed by atoms with van der Waals surface area (Å²) in [4.78, 5) is 2.61. The van der Waals surface area contributed by atoms with Gasteiger partial charge in [-0.25, -0.2) is 13.1 Å². The fraction of sp³-hybridized carbons (Fsp3) is 0.571. The predicted octanol–water partition coefficient (Wildman–Crippen LogP) is 2.01. The number of sulfonamides is 1. The van der Waals surface area contributed by atoms with E-state index in [0.717, 1.165) is 31.6 Å². The van der Waals surface area contributed by atoms with E-state index in [0.29, 0.717) is 11.4 Å². The average molecular weight is 284 g/mol. The minimum absolute atomic E-state index is 0.369. The van der Waals surface area contributed by atoms with E-state index < -0.39 is 10.0 Å². The molecule has 19 heavy (non-hydrogen) atoms. The molecule has 0 amide bonds. The molecule has 0 bridgehead atoms. The van der Waals surface area contributed by atoms with Crippen LogP contribution in [0.2, 0.25) is 0 Å². The minimum Gasteiger partial charge on any atom is -0.302 e. The zero-order valence-electron chi connectivity index (χ0n) is 12.0. The van der Waals surface area contributed by atoms with Crippen LogP contribution in [0.3, 0.4) is 0 Å². The van der Waals surface area contributed by atoms with Gasteiger partial charge >= 0.3 is 0 Å². The lowest BCUT2D eigenvalue weighted by atomic mass is 10.2. The van der Waals surface area contributed by atoms with E-state index in [1.54, 1.807) is 12.1 Å². The molecule has 0 aliphatic heterocycles. The Morgan fingerprint density at radius 2 is 1.84 bits per heavy atom. The van der Waals surface area contributed by atoms with Crippen molar-refractivity contribution in [3.8, 4) is 0 Å². The van der Waals surface area contributed by atoms with Gasteiger partial charge in [0.05, 0.1) is 4.90 Å². The van der Waals surface area contributed by atoms with Crippen LogP contribution in [0.1, 0.15) is 25.8 Å². The molecule has 1 N–H and O–H groups in total. The average Bonchev–Trinajstić information content (AvgIpc) is 2.38. The number of likely N-dealkylation sites (N-methyl/N-ethyl adjacent to an activating group) is 1. The highest BCUT2D eigenvalue weighted by molar-refractivity contribution is 7.89. The molecule has 0 aliphatic rings. The van der Waals surface area contributed by atoms with Crippen LogP contribution < -0.4 is 4.72 Å². The minimum atomic E-state index is -3.39. The van der Waals surface area contributed by atoms with Gasteiger partial charge in [0.1, 0.15) is 0 Å². The van der Waals surface area contributed by atoms with Gasteiger partial charge in [0, 0.05) is 13.1 Å². The lowest BCUT2D eigenvalue weighted by Crippen LogP contribution is -2.35. The molecule has 5 heteroatoms. The van der Waals surface area contributed by atoms with Crippen molar-refractivity contribution in [3.05, 3.63) is 29.8 Å². The van der Waals surface area contributed by atoms with Crippen LogP contribution in [0.4, 0.5) is 0 Å². The van der Waals surface area contributed by atoms with Crippen LogP contribution in [-0.4, -0.2) is 39.5 Å². The van der Waals surface area contributed by atoms with E-state index in [4.69, 9.17) is 0 Å². The Hall–Kier alpha value is -0.910. The highest BCUT2D eigenvalue weighted by Crippen LogP contribution is 2.13. The van der Waals surface area contributed by atoms with Gasteiger partial charge in [-0.2, -0.15) is 0 Å². The Kier molecular flexibility index (Phi) is 6.48. The summed E-state index contributed by atoms with van der Waals surface area (Å²) in [5.41, 5.74) is 0.774. The Bertz CT molecular complexity index is 486. The lowest BCUT2D eigenvalue weighted by molar-refractivity contribution is 0.293. The van der Waals surface area contributed by atoms with E-state index in [1.165, 1.54) is 0 Å². The zero-order chi connectivity index (χ0) is 14.3. The molecule has 1 aromatic rings. The van der Waals surface area contributed by atoms with Gasteiger partial charge in [-0.3, -0.25) is 0 Å². The van der Waals surface area contributed by atoms with Crippen LogP contribution in [0.15, 0.2) is 29.2 Å². The quantitative estimate of drug-likeness (QED) is 0.794. The maximum Gasteiger partial charge on any atom is 0.240 e. The van der Waals surface area contributed by atoms with Crippen molar-refractivity contribution in [1.29, 1.82) is 0 Å². The van der Waals surface area contributed by atoms with E-state index in [-0.39, 0.29) is 0 Å². The third-order valence-corrected chi connectivity index (χ3v) is 4.71. The lowest BCUT2D eigenvalue weighted by Gasteiger charge is -2.19. The first-order chi connectivity index (χ1) is 9.01. The number of hydrogen-bond donors (Lipinski definition) is 1. The maximum absolute atomic E-state index is 12.2. The second-order valence-corrected chi connectivity index (χ2v) is 6.33. The van der Waals surface area contributed by atoms with Crippen LogP contribution in [0.25, 0.3) is 0 Å². The fourth-order valence-electron chi connectivity index (χ4n) is 2.02. The molecule has 0 fully saturated rings. The van der Waals surface area contributed by atoms with E-state index >= 15 is 0 Å².